The normalized spacial score (nSPS) is 22.3. The van der Waals surface area contributed by atoms with Crippen LogP contribution in [0.2, 0.25) is 0 Å². The van der Waals surface area contributed by atoms with E-state index in [-0.39, 0.29) is 17.5 Å². The van der Waals surface area contributed by atoms with Crippen molar-refractivity contribution >= 4 is 33.2 Å². The molecule has 1 aliphatic rings. The molecule has 108 valence electrons. The molecule has 1 aliphatic heterocycles. The standard InChI is InChI=1S/C13H16BrN3O3/c1-8-6-9(4-5-15-8)13(18)16-10-2-3-11(14)12(7-10)17(19)20/h2-3,7-9,15H,4-6H2,1H3,(H,16,18). The third kappa shape index (κ3) is 3.55. The molecule has 20 heavy (non-hydrogen) atoms. The van der Waals surface area contributed by atoms with E-state index in [0.29, 0.717) is 16.2 Å². The fourth-order valence-electron chi connectivity index (χ4n) is 2.34. The van der Waals surface area contributed by atoms with Gasteiger partial charge >= 0.3 is 0 Å². The van der Waals surface area contributed by atoms with E-state index in [9.17, 15) is 14.9 Å². The fraction of sp³-hybridized carbons (Fsp3) is 0.462. The molecule has 1 heterocycles. The minimum absolute atomic E-state index is 0.0473. The minimum atomic E-state index is -0.480. The number of piperidine rings is 1. The van der Waals surface area contributed by atoms with Crippen LogP contribution in [0.1, 0.15) is 19.8 Å². The molecule has 2 N–H and O–H groups in total. The Morgan fingerprint density at radius 2 is 2.30 bits per heavy atom. The van der Waals surface area contributed by atoms with Crippen molar-refractivity contribution in [2.75, 3.05) is 11.9 Å². The summed E-state index contributed by atoms with van der Waals surface area (Å²) in [6.07, 6.45) is 1.57. The van der Waals surface area contributed by atoms with E-state index in [1.54, 1.807) is 12.1 Å². The van der Waals surface area contributed by atoms with Gasteiger partial charge in [-0.05, 0) is 54.4 Å². The average molecular weight is 342 g/mol. The maximum Gasteiger partial charge on any atom is 0.285 e. The predicted octanol–water partition coefficient (Wildman–Crippen LogP) is 2.68. The Kier molecular flexibility index (Phi) is 4.72. The summed E-state index contributed by atoms with van der Waals surface area (Å²) in [6.45, 7) is 2.86. The van der Waals surface area contributed by atoms with Crippen molar-refractivity contribution in [3.8, 4) is 0 Å². The molecular weight excluding hydrogens is 326 g/mol. The Hall–Kier alpha value is -1.47. The Morgan fingerprint density at radius 3 is 2.95 bits per heavy atom. The third-order valence-electron chi connectivity index (χ3n) is 3.40. The van der Waals surface area contributed by atoms with Crippen LogP contribution < -0.4 is 10.6 Å². The van der Waals surface area contributed by atoms with Crippen LogP contribution in [0.25, 0.3) is 0 Å². The number of carbonyl (C=O) groups is 1. The summed E-state index contributed by atoms with van der Waals surface area (Å²) in [5.41, 5.74) is 0.401. The van der Waals surface area contributed by atoms with Crippen LogP contribution in [-0.2, 0) is 4.79 Å². The maximum atomic E-state index is 12.2. The Balaban J connectivity index is 2.07. The second kappa shape index (κ2) is 6.32. The van der Waals surface area contributed by atoms with E-state index < -0.39 is 4.92 Å². The van der Waals surface area contributed by atoms with Gasteiger partial charge in [0.25, 0.3) is 5.69 Å². The summed E-state index contributed by atoms with van der Waals surface area (Å²) in [5.74, 6) is -0.121. The van der Waals surface area contributed by atoms with Gasteiger partial charge in [-0.15, -0.1) is 0 Å². The number of anilines is 1. The summed E-state index contributed by atoms with van der Waals surface area (Å²) in [5, 5.41) is 16.9. The van der Waals surface area contributed by atoms with Crippen LogP contribution in [0, 0.1) is 16.0 Å². The summed E-state index contributed by atoms with van der Waals surface area (Å²) < 4.78 is 0.399. The zero-order valence-corrected chi connectivity index (χ0v) is 12.6. The quantitative estimate of drug-likeness (QED) is 0.653. The second-order valence-electron chi connectivity index (χ2n) is 4.99. The largest absolute Gasteiger partial charge is 0.326 e. The van der Waals surface area contributed by atoms with Crippen LogP contribution in [0.5, 0.6) is 0 Å². The fourth-order valence-corrected chi connectivity index (χ4v) is 2.74. The first kappa shape index (κ1) is 14.9. The first-order valence-electron chi connectivity index (χ1n) is 6.45. The molecule has 1 saturated heterocycles. The number of rotatable bonds is 3. The summed E-state index contributed by atoms with van der Waals surface area (Å²) in [7, 11) is 0. The van der Waals surface area contributed by atoms with Crippen molar-refractivity contribution in [3.63, 3.8) is 0 Å². The van der Waals surface area contributed by atoms with Crippen LogP contribution in [0.4, 0.5) is 11.4 Å². The molecule has 0 aliphatic carbocycles. The first-order valence-corrected chi connectivity index (χ1v) is 7.25. The molecule has 1 fully saturated rings. The molecule has 1 aromatic rings. The highest BCUT2D eigenvalue weighted by Crippen LogP contribution is 2.28. The Labute approximate surface area is 125 Å². The van der Waals surface area contributed by atoms with Gasteiger partial charge in [0.2, 0.25) is 5.91 Å². The van der Waals surface area contributed by atoms with Gasteiger partial charge in [0, 0.05) is 23.7 Å². The van der Waals surface area contributed by atoms with Crippen molar-refractivity contribution < 1.29 is 9.72 Å². The molecule has 0 bridgehead atoms. The van der Waals surface area contributed by atoms with Crippen molar-refractivity contribution in [2.24, 2.45) is 5.92 Å². The smallest absolute Gasteiger partial charge is 0.285 e. The lowest BCUT2D eigenvalue weighted by Crippen LogP contribution is -2.40. The maximum absolute atomic E-state index is 12.2. The number of nitrogens with zero attached hydrogens (tertiary/aromatic N) is 1. The number of halogens is 1. The van der Waals surface area contributed by atoms with Gasteiger partial charge < -0.3 is 10.6 Å². The summed E-state index contributed by atoms with van der Waals surface area (Å²) in [4.78, 5) is 22.5. The molecule has 2 unspecified atom stereocenters. The number of amides is 1. The topological polar surface area (TPSA) is 84.3 Å². The average Bonchev–Trinajstić information content (AvgIpc) is 2.40. The minimum Gasteiger partial charge on any atom is -0.326 e. The van der Waals surface area contributed by atoms with Crippen molar-refractivity contribution in [2.45, 2.75) is 25.8 Å². The molecule has 1 aromatic carbocycles. The van der Waals surface area contributed by atoms with Gasteiger partial charge in [0.1, 0.15) is 0 Å². The Bertz CT molecular complexity index is 536. The van der Waals surface area contributed by atoms with E-state index in [0.717, 1.165) is 19.4 Å². The van der Waals surface area contributed by atoms with Crippen LogP contribution in [0.15, 0.2) is 22.7 Å². The molecule has 2 rings (SSSR count). The lowest BCUT2D eigenvalue weighted by atomic mass is 9.92. The first-order chi connectivity index (χ1) is 9.47. The molecule has 6 nitrogen and oxygen atoms in total. The lowest BCUT2D eigenvalue weighted by Gasteiger charge is -2.27. The Morgan fingerprint density at radius 1 is 1.55 bits per heavy atom. The van der Waals surface area contributed by atoms with Crippen molar-refractivity contribution in [3.05, 3.63) is 32.8 Å². The van der Waals surface area contributed by atoms with Gasteiger partial charge in [-0.1, -0.05) is 0 Å². The summed E-state index contributed by atoms with van der Waals surface area (Å²) in [6, 6.07) is 4.91. The highest BCUT2D eigenvalue weighted by atomic mass is 79.9. The van der Waals surface area contributed by atoms with Crippen LogP contribution in [0.3, 0.4) is 0 Å². The number of hydrogen-bond donors (Lipinski definition) is 2. The monoisotopic (exact) mass is 341 g/mol. The zero-order valence-electron chi connectivity index (χ0n) is 11.1. The molecule has 0 spiro atoms. The van der Waals surface area contributed by atoms with Crippen molar-refractivity contribution in [1.29, 1.82) is 0 Å². The second-order valence-corrected chi connectivity index (χ2v) is 5.84. The van der Waals surface area contributed by atoms with Gasteiger partial charge in [-0.2, -0.15) is 0 Å². The van der Waals surface area contributed by atoms with E-state index in [4.69, 9.17) is 0 Å². The van der Waals surface area contributed by atoms with Gasteiger partial charge in [0.05, 0.1) is 9.40 Å². The van der Waals surface area contributed by atoms with E-state index in [2.05, 4.69) is 26.6 Å². The van der Waals surface area contributed by atoms with E-state index in [1.165, 1.54) is 6.07 Å². The number of nitrogens with one attached hydrogen (secondary N) is 2. The molecular formula is C13H16BrN3O3. The highest BCUT2D eigenvalue weighted by molar-refractivity contribution is 9.10. The van der Waals surface area contributed by atoms with Crippen LogP contribution >= 0.6 is 15.9 Å². The highest BCUT2D eigenvalue weighted by Gasteiger charge is 2.25. The number of nitro benzene ring substituents is 1. The number of benzene rings is 1. The van der Waals surface area contributed by atoms with Crippen molar-refractivity contribution in [1.82, 2.24) is 5.32 Å². The molecule has 0 saturated carbocycles. The predicted molar refractivity (Wildman–Crippen MR) is 79.6 cm³/mol. The molecule has 0 aromatic heterocycles. The molecule has 2 atom stereocenters. The van der Waals surface area contributed by atoms with Crippen LogP contribution in [-0.4, -0.2) is 23.4 Å². The SMILES string of the molecule is CC1CC(C(=O)Nc2ccc(Br)c([N+](=O)[O-])c2)CCN1. The summed E-state index contributed by atoms with van der Waals surface area (Å²) >= 11 is 3.12. The third-order valence-corrected chi connectivity index (χ3v) is 4.08. The van der Waals surface area contributed by atoms with E-state index >= 15 is 0 Å². The molecule has 7 heteroatoms. The number of carbonyl (C=O) groups excluding carboxylic acids is 1. The van der Waals surface area contributed by atoms with Gasteiger partial charge in [-0.3, -0.25) is 14.9 Å². The molecule has 0 radical (unpaired) electrons. The number of hydrogen-bond acceptors (Lipinski definition) is 4. The molecule has 1 amide bonds. The lowest BCUT2D eigenvalue weighted by molar-refractivity contribution is -0.385. The van der Waals surface area contributed by atoms with Gasteiger partial charge in [0.15, 0.2) is 0 Å². The zero-order chi connectivity index (χ0) is 14.7. The van der Waals surface area contributed by atoms with E-state index in [1.807, 2.05) is 6.92 Å². The van der Waals surface area contributed by atoms with Gasteiger partial charge in [-0.25, -0.2) is 0 Å². The number of nitro groups is 1.